The average molecular weight is 429 g/mol. The third kappa shape index (κ3) is 5.24. The van der Waals surface area contributed by atoms with Gasteiger partial charge in [-0.1, -0.05) is 17.8 Å². The van der Waals surface area contributed by atoms with Crippen molar-refractivity contribution in [1.82, 2.24) is 4.90 Å². The highest BCUT2D eigenvalue weighted by Gasteiger charge is 2.34. The summed E-state index contributed by atoms with van der Waals surface area (Å²) in [5.41, 5.74) is 1.22. The number of hydrogen-bond acceptors (Lipinski definition) is 6. The number of esters is 1. The number of hydrogen-bond donors (Lipinski definition) is 1. The minimum Gasteiger partial charge on any atom is -0.462 e. The summed E-state index contributed by atoms with van der Waals surface area (Å²) in [6, 6.07) is 12.0. The first-order valence-electron chi connectivity index (χ1n) is 9.23. The van der Waals surface area contributed by atoms with Crippen molar-refractivity contribution in [2.24, 2.45) is 4.99 Å². The predicted octanol–water partition coefficient (Wildman–Crippen LogP) is 3.59. The Morgan fingerprint density at radius 3 is 2.67 bits per heavy atom. The summed E-state index contributed by atoms with van der Waals surface area (Å²) in [6.45, 7) is 2.00. The number of benzene rings is 2. The fraction of sp³-hybridized carbons (Fsp3) is 0.238. The highest BCUT2D eigenvalue weighted by Crippen LogP contribution is 2.29. The molecule has 1 atom stereocenters. The Kier molecular flexibility index (Phi) is 6.83. The van der Waals surface area contributed by atoms with E-state index in [1.54, 1.807) is 44.3 Å². The van der Waals surface area contributed by atoms with E-state index in [0.29, 0.717) is 22.1 Å². The van der Waals surface area contributed by atoms with Crippen molar-refractivity contribution >= 4 is 46.1 Å². The molecule has 1 aliphatic rings. The highest BCUT2D eigenvalue weighted by molar-refractivity contribution is 8.15. The van der Waals surface area contributed by atoms with Crippen molar-refractivity contribution < 1.29 is 23.5 Å². The van der Waals surface area contributed by atoms with Crippen molar-refractivity contribution in [3.05, 3.63) is 59.9 Å². The molecule has 1 N–H and O–H groups in total. The number of anilines is 1. The molecule has 0 radical (unpaired) electrons. The van der Waals surface area contributed by atoms with Crippen LogP contribution in [0.15, 0.2) is 53.5 Å². The van der Waals surface area contributed by atoms with Gasteiger partial charge in [0.25, 0.3) is 0 Å². The van der Waals surface area contributed by atoms with E-state index in [1.165, 1.54) is 23.1 Å². The summed E-state index contributed by atoms with van der Waals surface area (Å²) in [6.07, 6.45) is 0.0100. The maximum atomic E-state index is 13.4. The van der Waals surface area contributed by atoms with E-state index in [9.17, 15) is 18.8 Å². The lowest BCUT2D eigenvalue weighted by atomic mass is 10.2. The molecule has 0 aliphatic carbocycles. The minimum absolute atomic E-state index is 0.0100. The molecule has 1 saturated heterocycles. The Morgan fingerprint density at radius 1 is 1.27 bits per heavy atom. The van der Waals surface area contributed by atoms with Crippen LogP contribution in [0.3, 0.4) is 0 Å². The summed E-state index contributed by atoms with van der Waals surface area (Å²) in [5.74, 6) is -1.50. The lowest BCUT2D eigenvalue weighted by Crippen LogP contribution is -2.43. The first kappa shape index (κ1) is 21.5. The van der Waals surface area contributed by atoms with Gasteiger partial charge >= 0.3 is 5.97 Å². The van der Waals surface area contributed by atoms with Crippen LogP contribution in [0.5, 0.6) is 0 Å². The smallest absolute Gasteiger partial charge is 0.338 e. The Bertz CT molecular complexity index is 994. The number of ether oxygens (including phenoxy) is 1. The second-order valence-electron chi connectivity index (χ2n) is 6.42. The van der Waals surface area contributed by atoms with Crippen LogP contribution in [0.2, 0.25) is 0 Å². The largest absolute Gasteiger partial charge is 0.462 e. The third-order valence-electron chi connectivity index (χ3n) is 4.26. The number of nitrogens with one attached hydrogen (secondary N) is 1. The third-order valence-corrected chi connectivity index (χ3v) is 5.50. The highest BCUT2D eigenvalue weighted by atomic mass is 32.2. The number of amides is 2. The van der Waals surface area contributed by atoms with E-state index in [-0.39, 0.29) is 24.8 Å². The van der Waals surface area contributed by atoms with E-state index in [2.05, 4.69) is 10.3 Å². The maximum Gasteiger partial charge on any atom is 0.338 e. The van der Waals surface area contributed by atoms with Crippen molar-refractivity contribution in [2.75, 3.05) is 19.0 Å². The molecule has 3 rings (SSSR count). The summed E-state index contributed by atoms with van der Waals surface area (Å²) in [4.78, 5) is 42.4. The number of rotatable bonds is 5. The SMILES string of the molecule is CCOC(=O)c1ccc(NC(=O)[C@H]2CC(=O)N(C)C(=Nc3cccc(F)c3)S2)cc1. The van der Waals surface area contributed by atoms with Crippen LogP contribution in [0.25, 0.3) is 0 Å². The zero-order valence-electron chi connectivity index (χ0n) is 16.4. The molecule has 30 heavy (non-hydrogen) atoms. The average Bonchev–Trinajstić information content (AvgIpc) is 2.72. The topological polar surface area (TPSA) is 88.1 Å². The molecule has 0 bridgehead atoms. The van der Waals surface area contributed by atoms with E-state index < -0.39 is 17.0 Å². The van der Waals surface area contributed by atoms with E-state index in [4.69, 9.17) is 4.74 Å². The normalized spacial score (nSPS) is 17.7. The van der Waals surface area contributed by atoms with Crippen LogP contribution in [-0.4, -0.2) is 46.8 Å². The molecule has 2 amide bonds. The van der Waals surface area contributed by atoms with Crippen molar-refractivity contribution in [3.63, 3.8) is 0 Å². The van der Waals surface area contributed by atoms with Gasteiger partial charge in [0.15, 0.2) is 5.17 Å². The Morgan fingerprint density at radius 2 is 2.00 bits per heavy atom. The molecule has 9 heteroatoms. The van der Waals surface area contributed by atoms with Gasteiger partial charge in [-0.3, -0.25) is 14.5 Å². The van der Waals surface area contributed by atoms with Crippen LogP contribution in [0.1, 0.15) is 23.7 Å². The molecule has 7 nitrogen and oxygen atoms in total. The molecule has 0 unspecified atom stereocenters. The van der Waals surface area contributed by atoms with Gasteiger partial charge in [-0.15, -0.1) is 0 Å². The summed E-state index contributed by atoms with van der Waals surface area (Å²) in [7, 11) is 1.57. The van der Waals surface area contributed by atoms with Gasteiger partial charge in [-0.05, 0) is 49.4 Å². The van der Waals surface area contributed by atoms with Crippen molar-refractivity contribution in [3.8, 4) is 0 Å². The molecule has 2 aromatic rings. The second-order valence-corrected chi connectivity index (χ2v) is 7.59. The van der Waals surface area contributed by atoms with Gasteiger partial charge in [0.2, 0.25) is 11.8 Å². The summed E-state index contributed by atoms with van der Waals surface area (Å²) in [5, 5.41) is 2.37. The van der Waals surface area contributed by atoms with Crippen LogP contribution < -0.4 is 5.32 Å². The fourth-order valence-electron chi connectivity index (χ4n) is 2.68. The Balaban J connectivity index is 1.71. The fourth-order valence-corrected chi connectivity index (χ4v) is 3.75. The quantitative estimate of drug-likeness (QED) is 0.734. The number of aliphatic imine (C=N–C) groups is 1. The second kappa shape index (κ2) is 9.53. The summed E-state index contributed by atoms with van der Waals surface area (Å²) >= 11 is 1.13. The van der Waals surface area contributed by atoms with E-state index in [1.807, 2.05) is 0 Å². The maximum absolute atomic E-state index is 13.4. The molecular weight excluding hydrogens is 409 g/mol. The molecule has 2 aromatic carbocycles. The van der Waals surface area contributed by atoms with Gasteiger partial charge in [0, 0.05) is 19.2 Å². The molecule has 0 aromatic heterocycles. The van der Waals surface area contributed by atoms with Crippen LogP contribution in [0, 0.1) is 5.82 Å². The molecule has 156 valence electrons. The van der Waals surface area contributed by atoms with Gasteiger partial charge in [-0.2, -0.15) is 0 Å². The first-order chi connectivity index (χ1) is 14.4. The number of thioether (sulfide) groups is 1. The summed E-state index contributed by atoms with van der Waals surface area (Å²) < 4.78 is 18.3. The lowest BCUT2D eigenvalue weighted by Gasteiger charge is -2.28. The van der Waals surface area contributed by atoms with Gasteiger partial charge in [0.1, 0.15) is 11.1 Å². The number of carbonyl (C=O) groups excluding carboxylic acids is 3. The zero-order valence-corrected chi connectivity index (χ0v) is 17.2. The molecule has 0 spiro atoms. The zero-order chi connectivity index (χ0) is 21.7. The Labute approximate surface area is 177 Å². The number of halogens is 1. The van der Waals surface area contributed by atoms with Crippen LogP contribution >= 0.6 is 11.8 Å². The number of carbonyl (C=O) groups is 3. The predicted molar refractivity (Wildman–Crippen MR) is 113 cm³/mol. The van der Waals surface area contributed by atoms with Crippen LogP contribution in [-0.2, 0) is 14.3 Å². The monoisotopic (exact) mass is 429 g/mol. The number of nitrogens with zero attached hydrogens (tertiary/aromatic N) is 2. The number of amidine groups is 1. The minimum atomic E-state index is -0.689. The standard InChI is InChI=1S/C21H20FN3O4S/c1-3-29-20(28)13-7-9-15(10-8-13)23-19(27)17-12-18(26)25(2)21(30-17)24-16-6-4-5-14(22)11-16/h4-11,17H,3,12H2,1-2H3,(H,23,27)/t17-/m1/s1. The van der Waals surface area contributed by atoms with Gasteiger partial charge in [-0.25, -0.2) is 14.2 Å². The lowest BCUT2D eigenvalue weighted by molar-refractivity contribution is -0.128. The first-order valence-corrected chi connectivity index (χ1v) is 10.1. The molecule has 1 heterocycles. The van der Waals surface area contributed by atoms with Crippen molar-refractivity contribution in [2.45, 2.75) is 18.6 Å². The van der Waals surface area contributed by atoms with Crippen LogP contribution in [0.4, 0.5) is 15.8 Å². The van der Waals surface area contributed by atoms with E-state index in [0.717, 1.165) is 11.8 Å². The molecule has 1 aliphatic heterocycles. The van der Waals surface area contributed by atoms with E-state index >= 15 is 0 Å². The Hall–Kier alpha value is -3.20. The van der Waals surface area contributed by atoms with Crippen molar-refractivity contribution in [1.29, 1.82) is 0 Å². The van der Waals surface area contributed by atoms with Gasteiger partial charge < -0.3 is 10.1 Å². The van der Waals surface area contributed by atoms with Gasteiger partial charge in [0.05, 0.1) is 17.9 Å². The molecule has 1 fully saturated rings. The molecular formula is C21H20FN3O4S. The molecule has 0 saturated carbocycles.